The largest absolute Gasteiger partial charge is 0.370 e. The molecule has 0 unspecified atom stereocenters. The van der Waals surface area contributed by atoms with Gasteiger partial charge in [0.15, 0.2) is 5.96 Å². The van der Waals surface area contributed by atoms with Crippen molar-refractivity contribution in [3.05, 3.63) is 0 Å². The highest BCUT2D eigenvalue weighted by Crippen LogP contribution is 2.19. The lowest BCUT2D eigenvalue weighted by molar-refractivity contribution is -0.130. The zero-order valence-electron chi connectivity index (χ0n) is 51.4. The molecule has 6 fully saturated rings. The maximum atomic E-state index is 11.7. The molecule has 6 rings (SSSR count). The minimum Gasteiger partial charge on any atom is -0.370 e. The van der Waals surface area contributed by atoms with Crippen LogP contribution in [-0.2, 0) is 14.4 Å². The van der Waals surface area contributed by atoms with E-state index in [1.807, 2.05) is 28.5 Å². The van der Waals surface area contributed by atoms with Gasteiger partial charge in [-0.1, -0.05) is 0 Å². The second kappa shape index (κ2) is 37.3. The number of nitrogens with two attached hydrogens (primary N) is 2. The number of carbonyl (C=O) groups excluding carboxylic acids is 5. The van der Waals surface area contributed by atoms with Crippen molar-refractivity contribution in [1.82, 2.24) is 59.2 Å². The van der Waals surface area contributed by atoms with Gasteiger partial charge in [0.1, 0.15) is 11.6 Å². The average molecular weight is 1080 g/mol. The fourth-order valence-corrected chi connectivity index (χ4v) is 9.85. The van der Waals surface area contributed by atoms with Crippen LogP contribution in [0, 0.1) is 11.3 Å². The van der Waals surface area contributed by atoms with Gasteiger partial charge in [0.05, 0.1) is 6.54 Å². The molecule has 76 heavy (non-hydrogen) atoms. The third kappa shape index (κ3) is 28.8. The highest BCUT2D eigenvalue weighted by atomic mass is 16.2. The molecular formula is C56H115N15O5. The summed E-state index contributed by atoms with van der Waals surface area (Å²) in [6.45, 7) is 57.3. The van der Waals surface area contributed by atoms with Crippen molar-refractivity contribution in [2.45, 2.75) is 173 Å². The van der Waals surface area contributed by atoms with Crippen molar-refractivity contribution < 1.29 is 24.0 Å². The van der Waals surface area contributed by atoms with Crippen LogP contribution in [0.2, 0.25) is 0 Å². The molecule has 0 aromatic heterocycles. The van der Waals surface area contributed by atoms with Gasteiger partial charge in [-0.2, -0.15) is 0 Å². The van der Waals surface area contributed by atoms with E-state index in [1.54, 1.807) is 25.7 Å². The lowest BCUT2D eigenvalue weighted by Crippen LogP contribution is -2.54. The molecule has 6 N–H and O–H groups in total. The molecule has 0 aromatic rings. The molecule has 0 atom stereocenters. The number of hydrogen-bond acceptors (Lipinski definition) is 13. The average Bonchev–Trinajstić information content (AvgIpc) is 3.37. The van der Waals surface area contributed by atoms with Gasteiger partial charge in [-0.15, -0.1) is 0 Å². The molecule has 6 heterocycles. The van der Waals surface area contributed by atoms with E-state index >= 15 is 0 Å². The first-order chi connectivity index (χ1) is 35.5. The summed E-state index contributed by atoms with van der Waals surface area (Å²) >= 11 is 0. The predicted octanol–water partition coefficient (Wildman–Crippen LogP) is 3.98. The number of Topliss-reactive ketones (excluding diaryl/α,β-unsaturated/α-hetero) is 2. The van der Waals surface area contributed by atoms with Crippen molar-refractivity contribution in [1.29, 1.82) is 5.41 Å². The monoisotopic (exact) mass is 1080 g/mol. The first kappa shape index (κ1) is 70.4. The second-order valence-corrected chi connectivity index (χ2v) is 23.4. The van der Waals surface area contributed by atoms with E-state index in [4.69, 9.17) is 16.9 Å². The summed E-state index contributed by atoms with van der Waals surface area (Å²) in [5.74, 6) is 1.41. The van der Waals surface area contributed by atoms with Crippen molar-refractivity contribution in [3.8, 4) is 0 Å². The number of nitrogens with zero attached hydrogens (tertiary/aromatic N) is 11. The van der Waals surface area contributed by atoms with E-state index < -0.39 is 0 Å². The maximum Gasteiger partial charge on any atom is 0.317 e. The number of piperidine rings is 1. The normalized spacial score (nSPS) is 20.2. The molecule has 0 radical (unpaired) electrons. The number of likely N-dealkylation sites (tertiary alicyclic amines) is 1. The summed E-state index contributed by atoms with van der Waals surface area (Å²) < 4.78 is 0. The number of primary amides is 1. The van der Waals surface area contributed by atoms with Crippen LogP contribution in [0.1, 0.15) is 131 Å². The Labute approximate surface area is 463 Å². The number of hydrogen-bond donors (Lipinski definition) is 4. The van der Waals surface area contributed by atoms with Crippen molar-refractivity contribution >= 4 is 35.5 Å². The highest BCUT2D eigenvalue weighted by Gasteiger charge is 2.26. The van der Waals surface area contributed by atoms with Crippen LogP contribution < -0.4 is 16.8 Å². The zero-order valence-corrected chi connectivity index (χ0v) is 51.4. The second-order valence-electron chi connectivity index (χ2n) is 23.4. The molecule has 6 aliphatic heterocycles. The fraction of sp³-hybridized carbons (Fsp3) is 0.893. The first-order valence-electron chi connectivity index (χ1n) is 29.1. The van der Waals surface area contributed by atoms with E-state index in [1.165, 1.54) is 0 Å². The molecule has 0 spiro atoms. The lowest BCUT2D eigenvalue weighted by Gasteiger charge is -2.37. The lowest BCUT2D eigenvalue weighted by atomic mass is 9.93. The molecule has 0 aromatic carbocycles. The number of urea groups is 2. The molecule has 0 saturated carbocycles. The fourth-order valence-electron chi connectivity index (χ4n) is 9.85. The third-order valence-corrected chi connectivity index (χ3v) is 15.4. The molecule has 444 valence electrons. The summed E-state index contributed by atoms with van der Waals surface area (Å²) in [4.78, 5) is 79.5. The Morgan fingerprint density at radius 2 is 0.711 bits per heavy atom. The first-order valence-corrected chi connectivity index (χ1v) is 29.1. The summed E-state index contributed by atoms with van der Waals surface area (Å²) in [5, 5.41) is 10.2. The van der Waals surface area contributed by atoms with E-state index in [2.05, 4.69) is 123 Å². The van der Waals surface area contributed by atoms with Crippen LogP contribution in [0.5, 0.6) is 0 Å². The van der Waals surface area contributed by atoms with Gasteiger partial charge in [0.2, 0.25) is 5.91 Å². The Morgan fingerprint density at radius 1 is 0.421 bits per heavy atom. The van der Waals surface area contributed by atoms with E-state index in [0.29, 0.717) is 54.5 Å². The Balaban J connectivity index is 0.000000457. The van der Waals surface area contributed by atoms with Crippen LogP contribution in [0.25, 0.3) is 0 Å². The molecular weight excluding hydrogens is 963 g/mol. The number of rotatable bonds is 10. The summed E-state index contributed by atoms with van der Waals surface area (Å²) in [6, 6.07) is 3.66. The SMILES string of the molecule is CC(=O)C1CCN(C(C)C)CC1.CC(=O)CN1CCN(C(C)C)CC1.CC(=O)N1CCN(C(C)C)CC1.CC(C)N1CCN(C(=N)N)CC1.CC(C)N1CCN(C(N)=O)CC1.CC(C)NC(=O)N1CCN(C(C)C)CC1. The third-order valence-electron chi connectivity index (χ3n) is 15.4. The number of carbonyl (C=O) groups is 5. The molecule has 20 nitrogen and oxygen atoms in total. The van der Waals surface area contributed by atoms with E-state index in [9.17, 15) is 24.0 Å². The standard InChI is InChI=1S/C11H23N3O.C10H20N2O.C10H19NO.C9H18N2O.C8H18N4.C8H17N3O/c1-9(2)12-11(15)14-7-5-13(6-8-14)10(3)4;1-9(2)12-6-4-11(5-7-12)8-10(3)13;1-8(2)11-6-4-10(5-7-11)9(3)12;1-8(2)10-4-6-11(7-5-10)9(3)12;1-7(2)11-3-5-12(6-4-11)8(9)10;1-7(2)10-3-5-11(6-4-10)8(9)12/h9-10H,5-8H2,1-4H3,(H,12,15);9H,4-8H2,1-3H3;8,10H,4-7H2,1-3H3;8H,4-7H2,1-3H3;7H,3-6H2,1-2H3,(H3,9,10);7H,3-6H2,1-2H3,(H2,9,12). The quantitative estimate of drug-likeness (QED) is 0.180. The van der Waals surface area contributed by atoms with Crippen molar-refractivity contribution in [2.75, 3.05) is 151 Å². The number of piperazine rings is 5. The van der Waals surface area contributed by atoms with Crippen LogP contribution >= 0.6 is 0 Å². The summed E-state index contributed by atoms with van der Waals surface area (Å²) in [5.41, 5.74) is 10.5. The van der Waals surface area contributed by atoms with E-state index in [0.717, 1.165) is 157 Å². The van der Waals surface area contributed by atoms with Crippen LogP contribution in [-0.4, -0.2) is 282 Å². The zero-order chi connectivity index (χ0) is 57.8. The predicted molar refractivity (Wildman–Crippen MR) is 313 cm³/mol. The van der Waals surface area contributed by atoms with Gasteiger partial charge < -0.3 is 41.3 Å². The molecule has 6 saturated heterocycles. The van der Waals surface area contributed by atoms with Crippen molar-refractivity contribution in [2.24, 2.45) is 17.4 Å². The Hall–Kier alpha value is -3.66. The number of guanidine groups is 1. The topological polar surface area (TPSA) is 209 Å². The minimum absolute atomic E-state index is 0.0772. The molecule has 5 amide bonds. The van der Waals surface area contributed by atoms with Crippen LogP contribution in [0.4, 0.5) is 9.59 Å². The smallest absolute Gasteiger partial charge is 0.317 e. The van der Waals surface area contributed by atoms with Gasteiger partial charge in [-0.05, 0) is 137 Å². The highest BCUT2D eigenvalue weighted by molar-refractivity contribution is 5.78. The van der Waals surface area contributed by atoms with Gasteiger partial charge >= 0.3 is 12.1 Å². The summed E-state index contributed by atoms with van der Waals surface area (Å²) in [7, 11) is 0. The molecule has 0 aliphatic carbocycles. The minimum atomic E-state index is -0.293. The Bertz CT molecular complexity index is 1480. The molecule has 0 bridgehead atoms. The van der Waals surface area contributed by atoms with E-state index in [-0.39, 0.29) is 35.8 Å². The number of nitrogens with one attached hydrogen (secondary N) is 2. The Morgan fingerprint density at radius 3 is 0.974 bits per heavy atom. The van der Waals surface area contributed by atoms with Gasteiger partial charge in [0, 0.05) is 186 Å². The maximum absolute atomic E-state index is 11.7. The number of amides is 5. The van der Waals surface area contributed by atoms with Gasteiger partial charge in [-0.25, -0.2) is 9.59 Å². The molecule has 6 aliphatic rings. The molecule has 20 heteroatoms. The van der Waals surface area contributed by atoms with Crippen LogP contribution in [0.15, 0.2) is 0 Å². The van der Waals surface area contributed by atoms with Crippen LogP contribution in [0.3, 0.4) is 0 Å². The van der Waals surface area contributed by atoms with Gasteiger partial charge in [-0.3, -0.25) is 49.2 Å². The Kier molecular flexibility index (Phi) is 34.5. The van der Waals surface area contributed by atoms with Crippen molar-refractivity contribution in [3.63, 3.8) is 0 Å². The van der Waals surface area contributed by atoms with Gasteiger partial charge in [0.25, 0.3) is 0 Å². The summed E-state index contributed by atoms with van der Waals surface area (Å²) in [6.07, 6.45) is 2.13. The number of ketones is 2.